The SMILES string of the molecule is COC(=O)C1C(C)=Nc2c(c(C3CC=CCC3)nn2C)C1c1cccc([N+](=O)[O-])c1. The lowest BCUT2D eigenvalue weighted by Crippen LogP contribution is -2.33. The average Bonchev–Trinajstić information content (AvgIpc) is 3.09. The first kappa shape index (κ1) is 20.0. The second-order valence-electron chi connectivity index (χ2n) is 7.81. The van der Waals surface area contributed by atoms with Crippen LogP contribution in [-0.2, 0) is 16.6 Å². The van der Waals surface area contributed by atoms with Crippen molar-refractivity contribution in [2.45, 2.75) is 38.0 Å². The Hall–Kier alpha value is -3.29. The number of benzene rings is 1. The molecule has 2 heterocycles. The number of nitro groups is 1. The summed E-state index contributed by atoms with van der Waals surface area (Å²) in [5, 5.41) is 16.2. The lowest BCUT2D eigenvalue weighted by atomic mass is 9.74. The monoisotopic (exact) mass is 408 g/mol. The minimum atomic E-state index is -0.661. The minimum absolute atomic E-state index is 0.0103. The van der Waals surface area contributed by atoms with E-state index in [1.165, 1.54) is 13.2 Å². The van der Waals surface area contributed by atoms with Gasteiger partial charge in [0.1, 0.15) is 5.92 Å². The largest absolute Gasteiger partial charge is 0.468 e. The van der Waals surface area contributed by atoms with Crippen LogP contribution in [0.2, 0.25) is 0 Å². The van der Waals surface area contributed by atoms with Crippen LogP contribution in [0.25, 0.3) is 0 Å². The summed E-state index contributed by atoms with van der Waals surface area (Å²) in [6.45, 7) is 1.80. The van der Waals surface area contributed by atoms with Gasteiger partial charge in [-0.3, -0.25) is 19.6 Å². The van der Waals surface area contributed by atoms with Crippen molar-refractivity contribution in [3.63, 3.8) is 0 Å². The maximum atomic E-state index is 12.8. The molecule has 1 aliphatic heterocycles. The van der Waals surface area contributed by atoms with Crippen LogP contribution in [0.1, 0.15) is 54.8 Å². The fourth-order valence-electron chi connectivity index (χ4n) is 4.60. The van der Waals surface area contributed by atoms with E-state index >= 15 is 0 Å². The summed E-state index contributed by atoms with van der Waals surface area (Å²) in [7, 11) is 3.20. The molecule has 3 atom stereocenters. The number of methoxy groups -OCH3 is 1. The second kappa shape index (κ2) is 7.85. The third kappa shape index (κ3) is 3.32. The van der Waals surface area contributed by atoms with E-state index in [1.54, 1.807) is 23.7 Å². The molecule has 1 aromatic carbocycles. The number of aliphatic imine (C=N–C) groups is 1. The van der Waals surface area contributed by atoms with Crippen molar-refractivity contribution >= 4 is 23.2 Å². The molecule has 156 valence electrons. The summed E-state index contributed by atoms with van der Waals surface area (Å²) >= 11 is 0. The van der Waals surface area contributed by atoms with Gasteiger partial charge in [-0.1, -0.05) is 24.3 Å². The van der Waals surface area contributed by atoms with E-state index < -0.39 is 22.7 Å². The Labute approximate surface area is 174 Å². The van der Waals surface area contributed by atoms with E-state index in [-0.39, 0.29) is 11.6 Å². The van der Waals surface area contributed by atoms with Crippen molar-refractivity contribution in [1.29, 1.82) is 0 Å². The standard InChI is InChI=1S/C22H24N4O4/c1-13-17(22(27)30-3)18(15-10-7-11-16(12-15)26(28)29)19-20(14-8-5-4-6-9-14)24-25(2)21(19)23-13/h4-5,7,10-12,14,17-18H,6,8-9H2,1-3H3. The normalized spacial score (nSPS) is 22.9. The number of esters is 1. The summed E-state index contributed by atoms with van der Waals surface area (Å²) in [6, 6.07) is 6.48. The molecule has 0 amide bonds. The molecule has 0 radical (unpaired) electrons. The van der Waals surface area contributed by atoms with Crippen molar-refractivity contribution in [1.82, 2.24) is 9.78 Å². The molecule has 2 aromatic rings. The van der Waals surface area contributed by atoms with Gasteiger partial charge in [-0.2, -0.15) is 5.10 Å². The Kier molecular flexibility index (Phi) is 5.24. The third-order valence-corrected chi connectivity index (χ3v) is 6.01. The number of hydrogen-bond donors (Lipinski definition) is 0. The lowest BCUT2D eigenvalue weighted by Gasteiger charge is -2.31. The summed E-state index contributed by atoms with van der Waals surface area (Å²) in [5.74, 6) is -0.588. The Morgan fingerprint density at radius 1 is 1.33 bits per heavy atom. The summed E-state index contributed by atoms with van der Waals surface area (Å²) < 4.78 is 6.86. The highest BCUT2D eigenvalue weighted by atomic mass is 16.6. The van der Waals surface area contributed by atoms with Gasteiger partial charge >= 0.3 is 5.97 Å². The number of aryl methyl sites for hydroxylation is 1. The molecule has 30 heavy (non-hydrogen) atoms. The Bertz CT molecular complexity index is 1070. The van der Waals surface area contributed by atoms with Gasteiger partial charge in [0.2, 0.25) is 0 Å². The number of nitro benzene ring substituents is 1. The van der Waals surface area contributed by atoms with Crippen molar-refractivity contribution in [2.24, 2.45) is 18.0 Å². The molecular formula is C22H24N4O4. The van der Waals surface area contributed by atoms with E-state index in [2.05, 4.69) is 12.2 Å². The molecule has 8 nitrogen and oxygen atoms in total. The predicted octanol–water partition coefficient (Wildman–Crippen LogP) is 4.18. The Balaban J connectivity index is 1.95. The average molecular weight is 408 g/mol. The molecule has 0 bridgehead atoms. The van der Waals surface area contributed by atoms with E-state index in [0.29, 0.717) is 17.1 Å². The van der Waals surface area contributed by atoms with Crippen molar-refractivity contribution < 1.29 is 14.5 Å². The van der Waals surface area contributed by atoms with Gasteiger partial charge in [0, 0.05) is 42.3 Å². The number of nitrogens with zero attached hydrogens (tertiary/aromatic N) is 4. The Morgan fingerprint density at radius 2 is 2.13 bits per heavy atom. The topological polar surface area (TPSA) is 99.6 Å². The van der Waals surface area contributed by atoms with E-state index in [1.807, 2.05) is 13.1 Å². The van der Waals surface area contributed by atoms with Gasteiger partial charge in [0.15, 0.2) is 5.82 Å². The summed E-state index contributed by atoms with van der Waals surface area (Å²) in [6.07, 6.45) is 7.14. The summed E-state index contributed by atoms with van der Waals surface area (Å²) in [5.41, 5.74) is 3.08. The lowest BCUT2D eigenvalue weighted by molar-refractivity contribution is -0.384. The first-order valence-corrected chi connectivity index (χ1v) is 10.0. The molecule has 2 aliphatic rings. The molecule has 1 aliphatic carbocycles. The molecule has 0 fully saturated rings. The molecule has 8 heteroatoms. The van der Waals surface area contributed by atoms with Gasteiger partial charge in [-0.15, -0.1) is 0 Å². The second-order valence-corrected chi connectivity index (χ2v) is 7.81. The van der Waals surface area contributed by atoms with Crippen LogP contribution in [0.4, 0.5) is 11.5 Å². The minimum Gasteiger partial charge on any atom is -0.468 e. The quantitative estimate of drug-likeness (QED) is 0.327. The van der Waals surface area contributed by atoms with Crippen LogP contribution < -0.4 is 0 Å². The van der Waals surface area contributed by atoms with Crippen LogP contribution in [-0.4, -0.2) is 33.5 Å². The number of hydrogen-bond acceptors (Lipinski definition) is 6. The predicted molar refractivity (Wildman–Crippen MR) is 112 cm³/mol. The van der Waals surface area contributed by atoms with Crippen LogP contribution in [0, 0.1) is 16.0 Å². The Morgan fingerprint density at radius 3 is 2.80 bits per heavy atom. The first-order valence-electron chi connectivity index (χ1n) is 10.0. The molecular weight excluding hydrogens is 384 g/mol. The van der Waals surface area contributed by atoms with Crippen molar-refractivity contribution in [3.05, 3.63) is 63.4 Å². The fourth-order valence-corrected chi connectivity index (χ4v) is 4.60. The van der Waals surface area contributed by atoms with Gasteiger partial charge in [0.05, 0.1) is 17.7 Å². The number of carbonyl (C=O) groups is 1. The number of ether oxygens (including phenoxy) is 1. The number of carbonyl (C=O) groups excluding carboxylic acids is 1. The van der Waals surface area contributed by atoms with Gasteiger partial charge in [-0.05, 0) is 31.7 Å². The molecule has 0 saturated heterocycles. The van der Waals surface area contributed by atoms with Crippen molar-refractivity contribution in [2.75, 3.05) is 7.11 Å². The van der Waals surface area contributed by atoms with E-state index in [4.69, 9.17) is 14.8 Å². The van der Waals surface area contributed by atoms with Crippen LogP contribution in [0.15, 0.2) is 41.4 Å². The molecule has 1 aromatic heterocycles. The number of non-ortho nitro benzene ring substituents is 1. The molecule has 3 unspecified atom stereocenters. The van der Waals surface area contributed by atoms with Crippen LogP contribution in [0.5, 0.6) is 0 Å². The highest BCUT2D eigenvalue weighted by Gasteiger charge is 2.43. The zero-order valence-corrected chi connectivity index (χ0v) is 17.2. The molecule has 0 spiro atoms. The number of rotatable bonds is 4. The van der Waals surface area contributed by atoms with E-state index in [9.17, 15) is 14.9 Å². The number of fused-ring (bicyclic) bond motifs is 1. The molecule has 0 saturated carbocycles. The zero-order chi connectivity index (χ0) is 21.4. The third-order valence-electron chi connectivity index (χ3n) is 6.01. The van der Waals surface area contributed by atoms with Gasteiger partial charge in [-0.25, -0.2) is 4.99 Å². The first-order chi connectivity index (χ1) is 14.4. The van der Waals surface area contributed by atoms with Crippen LogP contribution >= 0.6 is 0 Å². The van der Waals surface area contributed by atoms with Gasteiger partial charge < -0.3 is 4.74 Å². The number of aromatic nitrogens is 2. The highest BCUT2D eigenvalue weighted by Crippen LogP contribution is 2.48. The number of allylic oxidation sites excluding steroid dienone is 2. The summed E-state index contributed by atoms with van der Waals surface area (Å²) in [4.78, 5) is 28.5. The van der Waals surface area contributed by atoms with Crippen LogP contribution in [0.3, 0.4) is 0 Å². The van der Waals surface area contributed by atoms with E-state index in [0.717, 1.165) is 30.5 Å². The fraction of sp³-hybridized carbons (Fsp3) is 0.409. The molecule has 0 N–H and O–H groups in total. The maximum Gasteiger partial charge on any atom is 0.315 e. The van der Waals surface area contributed by atoms with Gasteiger partial charge in [0.25, 0.3) is 5.69 Å². The highest BCUT2D eigenvalue weighted by molar-refractivity contribution is 6.05. The van der Waals surface area contributed by atoms with Crippen molar-refractivity contribution in [3.8, 4) is 0 Å². The zero-order valence-electron chi connectivity index (χ0n) is 17.2. The smallest absolute Gasteiger partial charge is 0.315 e. The maximum absolute atomic E-state index is 12.8. The molecule has 4 rings (SSSR count).